The van der Waals surface area contributed by atoms with E-state index >= 15 is 0 Å². The summed E-state index contributed by atoms with van der Waals surface area (Å²) < 4.78 is 5.78. The van der Waals surface area contributed by atoms with Gasteiger partial charge in [-0.1, -0.05) is 30.3 Å². The maximum Gasteiger partial charge on any atom is 0.243 e. The van der Waals surface area contributed by atoms with Crippen LogP contribution in [-0.2, 0) is 16.0 Å². The van der Waals surface area contributed by atoms with E-state index in [1.807, 2.05) is 54.6 Å². The van der Waals surface area contributed by atoms with Crippen molar-refractivity contribution < 1.29 is 14.3 Å². The van der Waals surface area contributed by atoms with E-state index in [0.717, 1.165) is 24.3 Å². The standard InChI is InChI=1S/C25H27N3O3/c1-19(29)27-22-11-9-21(10-12-22)26-18-25(30)28-23-13-15-24(16-14-23)31-17-5-8-20-6-3-2-4-7-20/h2-4,6-7,9-16,26H,5,8,17-18H2,1H3,(H,27,29)(H,28,30). The van der Waals surface area contributed by atoms with Crippen LogP contribution in [0.25, 0.3) is 0 Å². The fraction of sp³-hybridized carbons (Fsp3) is 0.200. The summed E-state index contributed by atoms with van der Waals surface area (Å²) in [5, 5.41) is 8.61. The second-order valence-electron chi connectivity index (χ2n) is 7.12. The van der Waals surface area contributed by atoms with Gasteiger partial charge in [-0.3, -0.25) is 9.59 Å². The van der Waals surface area contributed by atoms with Gasteiger partial charge in [0.15, 0.2) is 0 Å². The summed E-state index contributed by atoms with van der Waals surface area (Å²) in [5.74, 6) is 0.509. The van der Waals surface area contributed by atoms with Crippen LogP contribution in [0, 0.1) is 0 Å². The zero-order chi connectivity index (χ0) is 21.9. The predicted octanol–water partition coefficient (Wildman–Crippen LogP) is 4.71. The summed E-state index contributed by atoms with van der Waals surface area (Å²) in [6, 6.07) is 24.9. The molecule has 3 N–H and O–H groups in total. The summed E-state index contributed by atoms with van der Waals surface area (Å²) >= 11 is 0. The highest BCUT2D eigenvalue weighted by Crippen LogP contribution is 2.17. The SMILES string of the molecule is CC(=O)Nc1ccc(NCC(=O)Nc2ccc(OCCCc3ccccc3)cc2)cc1. The summed E-state index contributed by atoms with van der Waals surface area (Å²) in [6.45, 7) is 2.24. The number of nitrogens with one attached hydrogen (secondary N) is 3. The topological polar surface area (TPSA) is 79.5 Å². The van der Waals surface area contributed by atoms with Gasteiger partial charge in [-0.2, -0.15) is 0 Å². The first-order chi connectivity index (χ1) is 15.1. The van der Waals surface area contributed by atoms with Crippen LogP contribution >= 0.6 is 0 Å². The molecule has 0 aliphatic rings. The Morgan fingerprint density at radius 1 is 0.774 bits per heavy atom. The van der Waals surface area contributed by atoms with Gasteiger partial charge in [0.1, 0.15) is 5.75 Å². The van der Waals surface area contributed by atoms with E-state index in [9.17, 15) is 9.59 Å². The normalized spacial score (nSPS) is 10.2. The lowest BCUT2D eigenvalue weighted by molar-refractivity contribution is -0.115. The van der Waals surface area contributed by atoms with Crippen molar-refractivity contribution in [3.8, 4) is 5.75 Å². The Labute approximate surface area is 182 Å². The van der Waals surface area contributed by atoms with Crippen LogP contribution in [0.15, 0.2) is 78.9 Å². The molecule has 6 nitrogen and oxygen atoms in total. The molecular weight excluding hydrogens is 390 g/mol. The van der Waals surface area contributed by atoms with Gasteiger partial charge in [-0.25, -0.2) is 0 Å². The minimum absolute atomic E-state index is 0.122. The van der Waals surface area contributed by atoms with E-state index in [4.69, 9.17) is 4.74 Å². The molecule has 6 heteroatoms. The fourth-order valence-electron chi connectivity index (χ4n) is 3.01. The molecular formula is C25H27N3O3. The summed E-state index contributed by atoms with van der Waals surface area (Å²) in [4.78, 5) is 23.2. The van der Waals surface area contributed by atoms with Crippen LogP contribution in [0.5, 0.6) is 5.75 Å². The molecule has 3 aromatic carbocycles. The summed E-state index contributed by atoms with van der Waals surface area (Å²) in [7, 11) is 0. The molecule has 0 radical (unpaired) electrons. The van der Waals surface area contributed by atoms with E-state index in [-0.39, 0.29) is 18.4 Å². The monoisotopic (exact) mass is 417 g/mol. The molecule has 31 heavy (non-hydrogen) atoms. The largest absolute Gasteiger partial charge is 0.494 e. The Morgan fingerprint density at radius 3 is 2.06 bits per heavy atom. The van der Waals surface area contributed by atoms with Crippen molar-refractivity contribution in [2.45, 2.75) is 19.8 Å². The minimum atomic E-state index is -0.150. The van der Waals surface area contributed by atoms with E-state index in [1.165, 1.54) is 12.5 Å². The van der Waals surface area contributed by atoms with Gasteiger partial charge in [0.25, 0.3) is 0 Å². The molecule has 0 heterocycles. The highest BCUT2D eigenvalue weighted by molar-refractivity contribution is 5.94. The minimum Gasteiger partial charge on any atom is -0.494 e. The van der Waals surface area contributed by atoms with Crippen LogP contribution < -0.4 is 20.7 Å². The number of ether oxygens (including phenoxy) is 1. The third-order valence-corrected chi connectivity index (χ3v) is 4.52. The Hall–Kier alpha value is -3.80. The fourth-order valence-corrected chi connectivity index (χ4v) is 3.01. The lowest BCUT2D eigenvalue weighted by Crippen LogP contribution is -2.21. The molecule has 3 rings (SSSR count). The lowest BCUT2D eigenvalue weighted by Gasteiger charge is -2.10. The number of carbonyl (C=O) groups excluding carboxylic acids is 2. The van der Waals surface area contributed by atoms with Gasteiger partial charge in [-0.15, -0.1) is 0 Å². The first-order valence-corrected chi connectivity index (χ1v) is 10.3. The molecule has 0 unspecified atom stereocenters. The van der Waals surface area contributed by atoms with Crippen LogP contribution in [0.4, 0.5) is 17.1 Å². The maximum absolute atomic E-state index is 12.2. The molecule has 0 saturated carbocycles. The van der Waals surface area contributed by atoms with Crippen molar-refractivity contribution in [1.29, 1.82) is 0 Å². The molecule has 0 fully saturated rings. The number of carbonyl (C=O) groups is 2. The summed E-state index contributed by atoms with van der Waals surface area (Å²) in [5.41, 5.74) is 3.53. The van der Waals surface area contributed by atoms with E-state index in [0.29, 0.717) is 18.0 Å². The molecule has 0 aromatic heterocycles. The third-order valence-electron chi connectivity index (χ3n) is 4.52. The van der Waals surface area contributed by atoms with Crippen molar-refractivity contribution in [1.82, 2.24) is 0 Å². The zero-order valence-corrected chi connectivity index (χ0v) is 17.6. The molecule has 160 valence electrons. The average Bonchev–Trinajstić information content (AvgIpc) is 2.78. The van der Waals surface area contributed by atoms with Gasteiger partial charge in [0.05, 0.1) is 13.2 Å². The van der Waals surface area contributed by atoms with Gasteiger partial charge >= 0.3 is 0 Å². The Kier molecular flexibility index (Phi) is 8.05. The van der Waals surface area contributed by atoms with Gasteiger partial charge < -0.3 is 20.7 Å². The molecule has 0 atom stereocenters. The number of amides is 2. The number of hydrogen-bond acceptors (Lipinski definition) is 4. The average molecular weight is 418 g/mol. The first-order valence-electron chi connectivity index (χ1n) is 10.3. The number of anilines is 3. The van der Waals surface area contributed by atoms with Gasteiger partial charge in [0, 0.05) is 24.0 Å². The lowest BCUT2D eigenvalue weighted by atomic mass is 10.1. The Bertz CT molecular complexity index is 971. The van der Waals surface area contributed by atoms with Crippen molar-refractivity contribution >= 4 is 28.9 Å². The highest BCUT2D eigenvalue weighted by Gasteiger charge is 2.04. The second-order valence-corrected chi connectivity index (χ2v) is 7.12. The van der Waals surface area contributed by atoms with E-state index in [2.05, 4.69) is 28.1 Å². The quantitative estimate of drug-likeness (QED) is 0.418. The highest BCUT2D eigenvalue weighted by atomic mass is 16.5. The Balaban J connectivity index is 1.36. The smallest absolute Gasteiger partial charge is 0.243 e. The van der Waals surface area contributed by atoms with E-state index < -0.39 is 0 Å². The third kappa shape index (κ3) is 7.85. The second kappa shape index (κ2) is 11.4. The van der Waals surface area contributed by atoms with Crippen LogP contribution in [0.2, 0.25) is 0 Å². The van der Waals surface area contributed by atoms with Crippen molar-refractivity contribution in [2.24, 2.45) is 0 Å². The molecule has 0 saturated heterocycles. The van der Waals surface area contributed by atoms with Crippen LogP contribution in [0.1, 0.15) is 18.9 Å². The number of aryl methyl sites for hydroxylation is 1. The first kappa shape index (κ1) is 21.9. The maximum atomic E-state index is 12.2. The molecule has 3 aromatic rings. The summed E-state index contributed by atoms with van der Waals surface area (Å²) in [6.07, 6.45) is 1.93. The Morgan fingerprint density at radius 2 is 1.39 bits per heavy atom. The molecule has 0 bridgehead atoms. The number of rotatable bonds is 10. The van der Waals surface area contributed by atoms with Gasteiger partial charge in [0.2, 0.25) is 11.8 Å². The van der Waals surface area contributed by atoms with Crippen molar-refractivity contribution in [2.75, 3.05) is 29.1 Å². The predicted molar refractivity (Wildman–Crippen MR) is 125 cm³/mol. The van der Waals surface area contributed by atoms with Gasteiger partial charge in [-0.05, 0) is 66.9 Å². The van der Waals surface area contributed by atoms with Crippen LogP contribution in [-0.4, -0.2) is 25.0 Å². The van der Waals surface area contributed by atoms with Crippen molar-refractivity contribution in [3.63, 3.8) is 0 Å². The molecule has 0 aliphatic carbocycles. The number of benzene rings is 3. The molecule has 2 amide bonds. The van der Waals surface area contributed by atoms with E-state index in [1.54, 1.807) is 12.1 Å². The molecule has 0 aliphatic heterocycles. The van der Waals surface area contributed by atoms with Crippen molar-refractivity contribution in [3.05, 3.63) is 84.4 Å². The zero-order valence-electron chi connectivity index (χ0n) is 17.6. The number of hydrogen-bond donors (Lipinski definition) is 3. The van der Waals surface area contributed by atoms with Crippen LogP contribution in [0.3, 0.4) is 0 Å². The molecule has 0 spiro atoms.